The van der Waals surface area contributed by atoms with Crippen molar-refractivity contribution < 1.29 is 9.59 Å². The van der Waals surface area contributed by atoms with Crippen molar-refractivity contribution in [2.75, 3.05) is 39.3 Å². The summed E-state index contributed by atoms with van der Waals surface area (Å²) in [7, 11) is 0. The second-order valence-electron chi connectivity index (χ2n) is 5.36. The molecule has 2 atom stereocenters. The highest BCUT2D eigenvalue weighted by molar-refractivity contribution is 5.81. The van der Waals surface area contributed by atoms with Gasteiger partial charge in [-0.1, -0.05) is 0 Å². The number of nitrogens with zero attached hydrogens (tertiary/aromatic N) is 2. The molecule has 0 aliphatic carbocycles. The van der Waals surface area contributed by atoms with E-state index in [1.54, 1.807) is 0 Å². The number of piperidine rings is 1. The number of piperazine rings is 1. The lowest BCUT2D eigenvalue weighted by atomic mass is 9.97. The maximum atomic E-state index is 12.4. The molecule has 3 aliphatic heterocycles. The zero-order chi connectivity index (χ0) is 12.5. The topological polar surface area (TPSA) is 64.7 Å². The Kier molecular flexibility index (Phi) is 3.11. The summed E-state index contributed by atoms with van der Waals surface area (Å²) in [6.45, 7) is 4.54. The van der Waals surface area contributed by atoms with Gasteiger partial charge in [-0.05, 0) is 19.4 Å². The minimum absolute atomic E-state index is 0.0198. The molecule has 6 heteroatoms. The Morgan fingerprint density at radius 3 is 2.94 bits per heavy atom. The highest BCUT2D eigenvalue weighted by Gasteiger charge is 2.38. The number of amides is 3. The summed E-state index contributed by atoms with van der Waals surface area (Å²) in [6.07, 6.45) is 2.08. The third-order valence-corrected chi connectivity index (χ3v) is 4.19. The third kappa shape index (κ3) is 2.05. The Morgan fingerprint density at radius 1 is 1.28 bits per heavy atom. The molecule has 3 heterocycles. The summed E-state index contributed by atoms with van der Waals surface area (Å²) >= 11 is 0. The molecule has 100 valence electrons. The molecule has 0 radical (unpaired) electrons. The van der Waals surface area contributed by atoms with Gasteiger partial charge < -0.3 is 20.4 Å². The molecule has 0 aromatic heterocycles. The van der Waals surface area contributed by atoms with E-state index < -0.39 is 0 Å². The van der Waals surface area contributed by atoms with E-state index in [0.717, 1.165) is 25.9 Å². The van der Waals surface area contributed by atoms with Crippen LogP contribution in [0.4, 0.5) is 4.79 Å². The first-order valence-corrected chi connectivity index (χ1v) is 6.79. The van der Waals surface area contributed by atoms with Gasteiger partial charge in [-0.25, -0.2) is 4.79 Å². The maximum Gasteiger partial charge on any atom is 0.317 e. The van der Waals surface area contributed by atoms with Crippen LogP contribution in [0.5, 0.6) is 0 Å². The van der Waals surface area contributed by atoms with E-state index in [-0.39, 0.29) is 23.9 Å². The Balaban J connectivity index is 1.60. The van der Waals surface area contributed by atoms with Crippen LogP contribution in [0.3, 0.4) is 0 Å². The predicted octanol–water partition coefficient (Wildman–Crippen LogP) is -0.778. The number of hydrogen-bond acceptors (Lipinski definition) is 3. The van der Waals surface area contributed by atoms with Crippen LogP contribution in [-0.4, -0.2) is 67.0 Å². The molecule has 0 aromatic rings. The largest absolute Gasteiger partial charge is 0.339 e. The Labute approximate surface area is 107 Å². The van der Waals surface area contributed by atoms with Gasteiger partial charge in [0, 0.05) is 32.7 Å². The molecule has 3 rings (SSSR count). The van der Waals surface area contributed by atoms with Gasteiger partial charge in [0.15, 0.2) is 0 Å². The lowest BCUT2D eigenvalue weighted by Gasteiger charge is -2.38. The number of carbonyl (C=O) groups is 2. The molecule has 2 N–H and O–H groups in total. The van der Waals surface area contributed by atoms with Crippen LogP contribution in [0, 0.1) is 5.92 Å². The molecule has 3 saturated heterocycles. The maximum absolute atomic E-state index is 12.4. The summed E-state index contributed by atoms with van der Waals surface area (Å²) in [5, 5.41) is 6.12. The molecule has 18 heavy (non-hydrogen) atoms. The molecule has 6 nitrogen and oxygen atoms in total. The van der Waals surface area contributed by atoms with Gasteiger partial charge in [0.25, 0.3) is 0 Å². The van der Waals surface area contributed by atoms with Gasteiger partial charge in [0.05, 0.1) is 12.0 Å². The van der Waals surface area contributed by atoms with Gasteiger partial charge in [0.1, 0.15) is 0 Å². The number of hydrogen-bond donors (Lipinski definition) is 2. The molecule has 0 bridgehead atoms. The van der Waals surface area contributed by atoms with Crippen LogP contribution < -0.4 is 10.6 Å². The monoisotopic (exact) mass is 252 g/mol. The molecule has 2 unspecified atom stereocenters. The Hall–Kier alpha value is -1.30. The van der Waals surface area contributed by atoms with Crippen molar-refractivity contribution in [3.05, 3.63) is 0 Å². The van der Waals surface area contributed by atoms with Crippen molar-refractivity contribution in [3.63, 3.8) is 0 Å². The van der Waals surface area contributed by atoms with Gasteiger partial charge >= 0.3 is 6.03 Å². The van der Waals surface area contributed by atoms with Gasteiger partial charge in [-0.2, -0.15) is 0 Å². The minimum atomic E-state index is 0.0198. The fourth-order valence-corrected chi connectivity index (χ4v) is 3.13. The Morgan fingerprint density at radius 2 is 2.17 bits per heavy atom. The van der Waals surface area contributed by atoms with Gasteiger partial charge in [-0.3, -0.25) is 4.79 Å². The lowest BCUT2D eigenvalue weighted by molar-refractivity contribution is -0.138. The second kappa shape index (κ2) is 4.76. The SMILES string of the molecule is O=C(C1CCCNC1)N1CCN2C(=O)NCC2C1. The molecule has 0 saturated carbocycles. The quantitative estimate of drug-likeness (QED) is 0.643. The smallest absolute Gasteiger partial charge is 0.317 e. The zero-order valence-corrected chi connectivity index (χ0v) is 10.5. The fourth-order valence-electron chi connectivity index (χ4n) is 3.13. The first-order chi connectivity index (χ1) is 8.75. The molecular weight excluding hydrogens is 232 g/mol. The van der Waals surface area contributed by atoms with Crippen molar-refractivity contribution in [1.29, 1.82) is 0 Å². The Bertz CT molecular complexity index is 354. The van der Waals surface area contributed by atoms with Crippen molar-refractivity contribution in [1.82, 2.24) is 20.4 Å². The number of urea groups is 1. The number of nitrogens with one attached hydrogen (secondary N) is 2. The van der Waals surface area contributed by atoms with Crippen molar-refractivity contribution in [2.45, 2.75) is 18.9 Å². The normalized spacial score (nSPS) is 32.1. The summed E-state index contributed by atoms with van der Waals surface area (Å²) in [5.41, 5.74) is 0. The standard InChI is InChI=1S/C12H20N4O2/c17-11(9-2-1-3-13-6-9)15-4-5-16-10(8-15)7-14-12(16)18/h9-10,13H,1-8H2,(H,14,18). The second-order valence-corrected chi connectivity index (χ2v) is 5.36. The van der Waals surface area contributed by atoms with E-state index in [1.807, 2.05) is 9.80 Å². The average Bonchev–Trinajstić information content (AvgIpc) is 2.80. The number of rotatable bonds is 1. The van der Waals surface area contributed by atoms with E-state index in [1.165, 1.54) is 0 Å². The first kappa shape index (κ1) is 11.8. The van der Waals surface area contributed by atoms with Crippen molar-refractivity contribution in [3.8, 4) is 0 Å². The van der Waals surface area contributed by atoms with E-state index in [9.17, 15) is 9.59 Å². The first-order valence-electron chi connectivity index (χ1n) is 6.79. The summed E-state index contributed by atoms with van der Waals surface area (Å²) < 4.78 is 0. The molecular formula is C12H20N4O2. The van der Waals surface area contributed by atoms with Crippen LogP contribution in [0.25, 0.3) is 0 Å². The molecule has 3 amide bonds. The summed E-state index contributed by atoms with van der Waals surface area (Å²) in [4.78, 5) is 27.7. The van der Waals surface area contributed by atoms with E-state index in [0.29, 0.717) is 26.2 Å². The van der Waals surface area contributed by atoms with E-state index in [2.05, 4.69) is 10.6 Å². The molecule has 0 spiro atoms. The fraction of sp³-hybridized carbons (Fsp3) is 0.833. The summed E-state index contributed by atoms with van der Waals surface area (Å²) in [6, 6.07) is 0.193. The van der Waals surface area contributed by atoms with Crippen LogP contribution in [0.1, 0.15) is 12.8 Å². The van der Waals surface area contributed by atoms with Crippen molar-refractivity contribution >= 4 is 11.9 Å². The van der Waals surface area contributed by atoms with Crippen LogP contribution in [0.15, 0.2) is 0 Å². The molecule has 3 aliphatic rings. The highest BCUT2D eigenvalue weighted by atomic mass is 16.2. The number of carbonyl (C=O) groups excluding carboxylic acids is 2. The van der Waals surface area contributed by atoms with Crippen LogP contribution in [0.2, 0.25) is 0 Å². The van der Waals surface area contributed by atoms with E-state index >= 15 is 0 Å². The van der Waals surface area contributed by atoms with Gasteiger partial charge in [-0.15, -0.1) is 0 Å². The minimum Gasteiger partial charge on any atom is -0.339 e. The zero-order valence-electron chi connectivity index (χ0n) is 10.5. The average molecular weight is 252 g/mol. The van der Waals surface area contributed by atoms with Crippen molar-refractivity contribution in [2.24, 2.45) is 5.92 Å². The molecule has 0 aromatic carbocycles. The number of fused-ring (bicyclic) bond motifs is 1. The highest BCUT2D eigenvalue weighted by Crippen LogP contribution is 2.19. The summed E-state index contributed by atoms with van der Waals surface area (Å²) in [5.74, 6) is 0.400. The van der Waals surface area contributed by atoms with Gasteiger partial charge in [0.2, 0.25) is 5.91 Å². The predicted molar refractivity (Wildman–Crippen MR) is 66.1 cm³/mol. The molecule has 3 fully saturated rings. The van der Waals surface area contributed by atoms with Crippen LogP contribution in [-0.2, 0) is 4.79 Å². The lowest BCUT2D eigenvalue weighted by Crippen LogP contribution is -2.56. The van der Waals surface area contributed by atoms with Crippen LogP contribution >= 0.6 is 0 Å². The van der Waals surface area contributed by atoms with E-state index in [4.69, 9.17) is 0 Å². The third-order valence-electron chi connectivity index (χ3n) is 4.19.